The molecule has 1 aromatic carbocycles. The average Bonchev–Trinajstić information content (AvgIpc) is 2.27. The summed E-state index contributed by atoms with van der Waals surface area (Å²) in [6.45, 7) is 10.8. The van der Waals surface area contributed by atoms with Crippen molar-refractivity contribution < 1.29 is 4.39 Å². The van der Waals surface area contributed by atoms with Crippen molar-refractivity contribution in [1.29, 1.82) is 0 Å². The Labute approximate surface area is 115 Å². The quantitative estimate of drug-likeness (QED) is 0.842. The zero-order chi connectivity index (χ0) is 13.8. The third-order valence-corrected chi connectivity index (χ3v) is 3.62. The smallest absolute Gasteiger partial charge is 0.141 e. The lowest BCUT2D eigenvalue weighted by Crippen LogP contribution is -2.33. The summed E-state index contributed by atoms with van der Waals surface area (Å²) in [5, 5.41) is 3.61. The van der Waals surface area contributed by atoms with E-state index in [1.807, 2.05) is 6.07 Å². The van der Waals surface area contributed by atoms with E-state index in [-0.39, 0.29) is 16.3 Å². The van der Waals surface area contributed by atoms with E-state index in [0.29, 0.717) is 5.92 Å². The Kier molecular flexibility index (Phi) is 5.61. The van der Waals surface area contributed by atoms with Gasteiger partial charge in [-0.3, -0.25) is 0 Å². The van der Waals surface area contributed by atoms with Crippen LogP contribution >= 0.6 is 11.6 Å². The topological polar surface area (TPSA) is 12.0 Å². The maximum Gasteiger partial charge on any atom is 0.141 e. The van der Waals surface area contributed by atoms with Gasteiger partial charge in [-0.25, -0.2) is 4.39 Å². The van der Waals surface area contributed by atoms with Crippen LogP contribution in [0.1, 0.15) is 33.3 Å². The monoisotopic (exact) mass is 271 g/mol. The van der Waals surface area contributed by atoms with Gasteiger partial charge in [0, 0.05) is 0 Å². The van der Waals surface area contributed by atoms with E-state index in [4.69, 9.17) is 11.6 Å². The van der Waals surface area contributed by atoms with Crippen molar-refractivity contribution in [1.82, 2.24) is 5.32 Å². The number of hydrogen-bond donors (Lipinski definition) is 1. The van der Waals surface area contributed by atoms with Crippen LogP contribution in [0, 0.1) is 17.2 Å². The molecule has 18 heavy (non-hydrogen) atoms. The van der Waals surface area contributed by atoms with Gasteiger partial charge in [0.05, 0.1) is 5.02 Å². The highest BCUT2D eigenvalue weighted by molar-refractivity contribution is 6.30. The molecule has 1 atom stereocenters. The van der Waals surface area contributed by atoms with Gasteiger partial charge in [-0.05, 0) is 48.5 Å². The average molecular weight is 272 g/mol. The first kappa shape index (κ1) is 15.5. The molecule has 1 unspecified atom stereocenters. The summed E-state index contributed by atoms with van der Waals surface area (Å²) < 4.78 is 13.1. The van der Waals surface area contributed by atoms with Gasteiger partial charge in [0.1, 0.15) is 5.82 Å². The van der Waals surface area contributed by atoms with E-state index in [1.165, 1.54) is 6.07 Å². The third-order valence-electron chi connectivity index (χ3n) is 3.33. The summed E-state index contributed by atoms with van der Waals surface area (Å²) in [5.41, 5.74) is 1.31. The number of nitrogens with one attached hydrogen (secondary N) is 1. The number of halogens is 2. The van der Waals surface area contributed by atoms with Crippen molar-refractivity contribution in [2.75, 3.05) is 13.1 Å². The summed E-state index contributed by atoms with van der Waals surface area (Å²) in [4.78, 5) is 0. The highest BCUT2D eigenvalue weighted by Gasteiger charge is 2.24. The Morgan fingerprint density at radius 3 is 2.50 bits per heavy atom. The normalized spacial score (nSPS) is 13.7. The molecule has 0 saturated carbocycles. The van der Waals surface area contributed by atoms with E-state index in [2.05, 4.69) is 33.0 Å². The Balaban J connectivity index is 2.79. The summed E-state index contributed by atoms with van der Waals surface area (Å²) in [6, 6.07) is 5.01. The van der Waals surface area contributed by atoms with Crippen LogP contribution in [-0.4, -0.2) is 13.1 Å². The standard InChI is InChI=1S/C15H23ClFN/c1-5-18-10-12(15(2,3)4)8-11-6-7-14(17)13(16)9-11/h6-7,9,12,18H,5,8,10H2,1-4H3. The van der Waals surface area contributed by atoms with Crippen LogP contribution in [0.15, 0.2) is 18.2 Å². The predicted octanol–water partition coefficient (Wildman–Crippen LogP) is 4.29. The Morgan fingerprint density at radius 1 is 1.33 bits per heavy atom. The van der Waals surface area contributed by atoms with Gasteiger partial charge in [0.15, 0.2) is 0 Å². The van der Waals surface area contributed by atoms with E-state index < -0.39 is 0 Å². The SMILES string of the molecule is CCNCC(Cc1ccc(F)c(Cl)c1)C(C)(C)C. The summed E-state index contributed by atoms with van der Waals surface area (Å²) in [6.07, 6.45) is 0.913. The zero-order valence-electron chi connectivity index (χ0n) is 11.7. The minimum absolute atomic E-state index is 0.211. The molecule has 1 rings (SSSR count). The molecule has 0 fully saturated rings. The summed E-state index contributed by atoms with van der Waals surface area (Å²) in [7, 11) is 0. The minimum atomic E-state index is -0.348. The Bertz CT molecular complexity index is 385. The van der Waals surface area contributed by atoms with Gasteiger partial charge in [0.25, 0.3) is 0 Å². The molecule has 1 aromatic rings. The predicted molar refractivity (Wildman–Crippen MR) is 76.6 cm³/mol. The van der Waals surface area contributed by atoms with E-state index in [1.54, 1.807) is 6.07 Å². The second-order valence-corrected chi connectivity index (χ2v) is 6.23. The first-order valence-electron chi connectivity index (χ1n) is 6.49. The fraction of sp³-hybridized carbons (Fsp3) is 0.600. The molecule has 102 valence electrons. The van der Waals surface area contributed by atoms with Gasteiger partial charge >= 0.3 is 0 Å². The van der Waals surface area contributed by atoms with Gasteiger partial charge in [-0.2, -0.15) is 0 Å². The number of benzene rings is 1. The fourth-order valence-corrected chi connectivity index (χ4v) is 2.16. The summed E-state index contributed by atoms with van der Waals surface area (Å²) in [5.74, 6) is 0.151. The van der Waals surface area contributed by atoms with Crippen LogP contribution in [0.25, 0.3) is 0 Å². The number of hydrogen-bond acceptors (Lipinski definition) is 1. The Morgan fingerprint density at radius 2 is 2.00 bits per heavy atom. The molecule has 0 bridgehead atoms. The second kappa shape index (κ2) is 6.53. The van der Waals surface area contributed by atoms with Gasteiger partial charge in [-0.15, -0.1) is 0 Å². The van der Waals surface area contributed by atoms with Gasteiger partial charge in [-0.1, -0.05) is 45.4 Å². The molecular formula is C15H23ClFN. The van der Waals surface area contributed by atoms with Crippen molar-refractivity contribution >= 4 is 11.6 Å². The molecule has 0 amide bonds. The first-order chi connectivity index (χ1) is 8.34. The van der Waals surface area contributed by atoms with Crippen molar-refractivity contribution in [2.24, 2.45) is 11.3 Å². The van der Waals surface area contributed by atoms with Crippen molar-refractivity contribution in [2.45, 2.75) is 34.1 Å². The third kappa shape index (κ3) is 4.58. The van der Waals surface area contributed by atoms with Gasteiger partial charge in [0.2, 0.25) is 0 Å². The maximum atomic E-state index is 13.1. The fourth-order valence-electron chi connectivity index (χ4n) is 1.95. The highest BCUT2D eigenvalue weighted by Crippen LogP contribution is 2.29. The van der Waals surface area contributed by atoms with Crippen molar-refractivity contribution in [3.8, 4) is 0 Å². The molecule has 0 aliphatic carbocycles. The molecule has 0 saturated heterocycles. The molecule has 0 radical (unpaired) electrons. The maximum absolute atomic E-state index is 13.1. The van der Waals surface area contributed by atoms with Crippen LogP contribution in [0.2, 0.25) is 5.02 Å². The van der Waals surface area contributed by atoms with Crippen LogP contribution in [0.3, 0.4) is 0 Å². The minimum Gasteiger partial charge on any atom is -0.317 e. The van der Waals surface area contributed by atoms with Crippen LogP contribution in [-0.2, 0) is 6.42 Å². The van der Waals surface area contributed by atoms with Crippen molar-refractivity contribution in [3.63, 3.8) is 0 Å². The van der Waals surface area contributed by atoms with Crippen LogP contribution in [0.5, 0.6) is 0 Å². The lowest BCUT2D eigenvalue weighted by Gasteiger charge is -2.31. The molecular weight excluding hydrogens is 249 g/mol. The molecule has 0 aliphatic heterocycles. The first-order valence-corrected chi connectivity index (χ1v) is 6.87. The zero-order valence-corrected chi connectivity index (χ0v) is 12.4. The molecule has 0 aliphatic rings. The largest absolute Gasteiger partial charge is 0.317 e. The lowest BCUT2D eigenvalue weighted by atomic mass is 9.77. The molecule has 1 nitrogen and oxygen atoms in total. The molecule has 0 aromatic heterocycles. The second-order valence-electron chi connectivity index (χ2n) is 5.82. The summed E-state index contributed by atoms with van der Waals surface area (Å²) >= 11 is 5.83. The molecule has 1 N–H and O–H groups in total. The molecule has 0 spiro atoms. The molecule has 0 heterocycles. The van der Waals surface area contributed by atoms with Crippen LogP contribution in [0.4, 0.5) is 4.39 Å². The van der Waals surface area contributed by atoms with E-state index in [9.17, 15) is 4.39 Å². The highest BCUT2D eigenvalue weighted by atomic mass is 35.5. The Hall–Kier alpha value is -0.600. The van der Waals surface area contributed by atoms with Crippen molar-refractivity contribution in [3.05, 3.63) is 34.6 Å². The molecule has 3 heteroatoms. The van der Waals surface area contributed by atoms with E-state index in [0.717, 1.165) is 25.1 Å². The number of rotatable bonds is 5. The van der Waals surface area contributed by atoms with Gasteiger partial charge < -0.3 is 5.32 Å². The lowest BCUT2D eigenvalue weighted by molar-refractivity contribution is 0.232. The van der Waals surface area contributed by atoms with Crippen LogP contribution < -0.4 is 5.32 Å². The van der Waals surface area contributed by atoms with E-state index >= 15 is 0 Å².